The molecule has 4 heteroatoms. The van der Waals surface area contributed by atoms with Crippen LogP contribution in [0, 0.1) is 0 Å². The Morgan fingerprint density at radius 1 is 0.931 bits per heavy atom. The molecule has 1 aliphatic carbocycles. The highest BCUT2D eigenvalue weighted by Gasteiger charge is 2.22. The Hall–Kier alpha value is -2.46. The topological polar surface area (TPSA) is 39.7 Å². The van der Waals surface area contributed by atoms with E-state index in [9.17, 15) is 0 Å². The van der Waals surface area contributed by atoms with Crippen LogP contribution in [0.1, 0.15) is 49.1 Å². The van der Waals surface area contributed by atoms with Gasteiger partial charge in [0, 0.05) is 24.6 Å². The lowest BCUT2D eigenvalue weighted by molar-refractivity contribution is 0.200. The van der Waals surface area contributed by atoms with Crippen molar-refractivity contribution in [1.29, 1.82) is 0 Å². The molecule has 0 radical (unpaired) electrons. The average Bonchev–Trinajstić information content (AvgIpc) is 3.27. The van der Waals surface area contributed by atoms with E-state index in [0.29, 0.717) is 12.0 Å². The van der Waals surface area contributed by atoms with E-state index in [2.05, 4.69) is 41.7 Å². The first-order valence-electron chi connectivity index (χ1n) is 10.6. The predicted octanol–water partition coefficient (Wildman–Crippen LogP) is 5.19. The molecular weight excluding hydrogens is 362 g/mol. The quantitative estimate of drug-likeness (QED) is 0.733. The molecule has 0 bridgehead atoms. The summed E-state index contributed by atoms with van der Waals surface area (Å²) in [5.74, 6) is 3.05. The van der Waals surface area contributed by atoms with Crippen molar-refractivity contribution >= 4 is 6.08 Å². The Bertz CT molecular complexity index is 855. The van der Waals surface area contributed by atoms with Gasteiger partial charge in [-0.2, -0.15) is 0 Å². The Labute approximate surface area is 173 Å². The Kier molecular flexibility index (Phi) is 6.40. The number of nitrogens with one attached hydrogen (secondary N) is 1. The minimum Gasteiger partial charge on any atom is -0.496 e. The lowest BCUT2D eigenvalue weighted by Gasteiger charge is -2.27. The van der Waals surface area contributed by atoms with Gasteiger partial charge in [0.1, 0.15) is 5.75 Å². The second kappa shape index (κ2) is 9.36. The van der Waals surface area contributed by atoms with E-state index >= 15 is 0 Å². The van der Waals surface area contributed by atoms with Gasteiger partial charge in [0.25, 0.3) is 0 Å². The van der Waals surface area contributed by atoms with Crippen LogP contribution in [0.3, 0.4) is 0 Å². The van der Waals surface area contributed by atoms with Crippen LogP contribution in [0.4, 0.5) is 0 Å². The molecule has 4 nitrogen and oxygen atoms in total. The second-order valence-corrected chi connectivity index (χ2v) is 8.01. The summed E-state index contributed by atoms with van der Waals surface area (Å²) in [5.41, 5.74) is 3.82. The van der Waals surface area contributed by atoms with Gasteiger partial charge in [-0.25, -0.2) is 0 Å². The fraction of sp³-hybridized carbons (Fsp3) is 0.440. The van der Waals surface area contributed by atoms with Crippen molar-refractivity contribution < 1.29 is 14.2 Å². The molecule has 1 N–H and O–H groups in total. The maximum Gasteiger partial charge on any atom is 0.161 e. The van der Waals surface area contributed by atoms with Gasteiger partial charge in [0.2, 0.25) is 0 Å². The monoisotopic (exact) mass is 393 g/mol. The molecule has 2 fully saturated rings. The zero-order chi connectivity index (χ0) is 20.1. The van der Waals surface area contributed by atoms with Gasteiger partial charge in [-0.3, -0.25) is 0 Å². The SMILES string of the molecule is COc1ccccc1C=C1CNC[C@H](c2ccc(OC)c(OC3CCCC3)c2)C1. The van der Waals surface area contributed by atoms with Gasteiger partial charge in [0.05, 0.1) is 20.3 Å². The Morgan fingerprint density at radius 2 is 1.72 bits per heavy atom. The third kappa shape index (κ3) is 4.76. The van der Waals surface area contributed by atoms with Crippen LogP contribution in [-0.2, 0) is 0 Å². The highest BCUT2D eigenvalue weighted by atomic mass is 16.5. The number of rotatable bonds is 6. The van der Waals surface area contributed by atoms with Crippen molar-refractivity contribution in [3.63, 3.8) is 0 Å². The van der Waals surface area contributed by atoms with Gasteiger partial charge in [-0.1, -0.05) is 35.9 Å². The molecule has 4 rings (SSSR count). The summed E-state index contributed by atoms with van der Waals surface area (Å²) in [6.07, 6.45) is 8.42. The van der Waals surface area contributed by atoms with E-state index < -0.39 is 0 Å². The van der Waals surface area contributed by atoms with Crippen molar-refractivity contribution in [1.82, 2.24) is 5.32 Å². The van der Waals surface area contributed by atoms with Crippen LogP contribution in [-0.4, -0.2) is 33.4 Å². The van der Waals surface area contributed by atoms with Crippen LogP contribution in [0.2, 0.25) is 0 Å². The number of benzene rings is 2. The summed E-state index contributed by atoms with van der Waals surface area (Å²) in [7, 11) is 3.44. The molecule has 0 aromatic heterocycles. The van der Waals surface area contributed by atoms with E-state index in [1.54, 1.807) is 14.2 Å². The Balaban J connectivity index is 1.54. The summed E-state index contributed by atoms with van der Waals surface area (Å²) in [6, 6.07) is 14.6. The minimum absolute atomic E-state index is 0.324. The number of hydrogen-bond acceptors (Lipinski definition) is 4. The van der Waals surface area contributed by atoms with E-state index in [-0.39, 0.29) is 0 Å². The zero-order valence-corrected chi connectivity index (χ0v) is 17.4. The molecule has 0 unspecified atom stereocenters. The van der Waals surface area contributed by atoms with Gasteiger partial charge >= 0.3 is 0 Å². The third-order valence-corrected chi connectivity index (χ3v) is 6.00. The summed E-state index contributed by atoms with van der Waals surface area (Å²) in [5, 5.41) is 3.58. The highest BCUT2D eigenvalue weighted by molar-refractivity contribution is 5.60. The zero-order valence-electron chi connectivity index (χ0n) is 17.4. The number of methoxy groups -OCH3 is 2. The van der Waals surface area contributed by atoms with E-state index in [1.165, 1.54) is 24.0 Å². The van der Waals surface area contributed by atoms with Gasteiger partial charge in [-0.15, -0.1) is 0 Å². The number of piperidine rings is 1. The molecule has 0 amide bonds. The van der Waals surface area contributed by atoms with Crippen LogP contribution < -0.4 is 19.5 Å². The smallest absolute Gasteiger partial charge is 0.161 e. The van der Waals surface area contributed by atoms with Crippen molar-refractivity contribution in [2.75, 3.05) is 27.3 Å². The number of para-hydroxylation sites is 1. The first-order chi connectivity index (χ1) is 14.3. The normalized spacial score (nSPS) is 21.3. The molecule has 0 spiro atoms. The third-order valence-electron chi connectivity index (χ3n) is 6.00. The van der Waals surface area contributed by atoms with Crippen molar-refractivity contribution in [3.05, 3.63) is 59.2 Å². The molecule has 29 heavy (non-hydrogen) atoms. The van der Waals surface area contributed by atoms with E-state index in [4.69, 9.17) is 14.2 Å². The van der Waals surface area contributed by atoms with Gasteiger partial charge in [0.15, 0.2) is 11.5 Å². The van der Waals surface area contributed by atoms with E-state index in [0.717, 1.165) is 55.2 Å². The summed E-state index contributed by atoms with van der Waals surface area (Å²) in [6.45, 7) is 1.88. The average molecular weight is 394 g/mol. The van der Waals surface area contributed by atoms with Crippen molar-refractivity contribution in [3.8, 4) is 17.2 Å². The standard InChI is InChI=1S/C25H31NO3/c1-27-23-10-6-3-7-20(23)13-18-14-21(17-26-16-18)19-11-12-24(28-2)25(15-19)29-22-8-4-5-9-22/h3,6-7,10-13,15,21-22,26H,4-5,8-9,14,16-17H2,1-2H3/t21-/m1/s1. The van der Waals surface area contributed by atoms with Gasteiger partial charge < -0.3 is 19.5 Å². The molecular formula is C25H31NO3. The van der Waals surface area contributed by atoms with Crippen molar-refractivity contribution in [2.45, 2.75) is 44.1 Å². The van der Waals surface area contributed by atoms with Crippen LogP contribution in [0.15, 0.2) is 48.0 Å². The molecule has 1 heterocycles. The van der Waals surface area contributed by atoms with Crippen LogP contribution >= 0.6 is 0 Å². The lowest BCUT2D eigenvalue weighted by atomic mass is 9.88. The Morgan fingerprint density at radius 3 is 2.52 bits per heavy atom. The predicted molar refractivity (Wildman–Crippen MR) is 117 cm³/mol. The number of hydrogen-bond donors (Lipinski definition) is 1. The molecule has 1 atom stereocenters. The molecule has 2 aliphatic rings. The summed E-state index contributed by atoms with van der Waals surface area (Å²) in [4.78, 5) is 0. The fourth-order valence-electron chi connectivity index (χ4n) is 4.44. The summed E-state index contributed by atoms with van der Waals surface area (Å²) < 4.78 is 17.4. The van der Waals surface area contributed by atoms with Crippen LogP contribution in [0.25, 0.3) is 6.08 Å². The van der Waals surface area contributed by atoms with Gasteiger partial charge in [-0.05, 0) is 55.9 Å². The number of ether oxygens (including phenoxy) is 3. The molecule has 1 aliphatic heterocycles. The highest BCUT2D eigenvalue weighted by Crippen LogP contribution is 2.36. The maximum absolute atomic E-state index is 6.31. The second-order valence-electron chi connectivity index (χ2n) is 8.01. The molecule has 1 saturated carbocycles. The first kappa shape index (κ1) is 19.8. The van der Waals surface area contributed by atoms with Crippen molar-refractivity contribution in [2.24, 2.45) is 0 Å². The fourth-order valence-corrected chi connectivity index (χ4v) is 4.44. The lowest BCUT2D eigenvalue weighted by Crippen LogP contribution is -2.30. The van der Waals surface area contributed by atoms with Crippen LogP contribution in [0.5, 0.6) is 17.2 Å². The maximum atomic E-state index is 6.31. The summed E-state index contributed by atoms with van der Waals surface area (Å²) >= 11 is 0. The van der Waals surface area contributed by atoms with E-state index in [1.807, 2.05) is 12.1 Å². The first-order valence-corrected chi connectivity index (χ1v) is 10.6. The molecule has 2 aromatic carbocycles. The molecule has 1 saturated heterocycles. The molecule has 154 valence electrons. The largest absolute Gasteiger partial charge is 0.496 e. The minimum atomic E-state index is 0.324. The molecule has 2 aromatic rings.